The maximum atomic E-state index is 12.0. The Morgan fingerprint density at radius 1 is 1.59 bits per heavy atom. The molecule has 0 aromatic carbocycles. The van der Waals surface area contributed by atoms with Crippen LogP contribution in [0.15, 0.2) is 10.7 Å². The molecule has 0 aliphatic carbocycles. The number of alkyl halides is 3. The number of esters is 1. The van der Waals surface area contributed by atoms with Gasteiger partial charge in [-0.15, -0.1) is 0 Å². The van der Waals surface area contributed by atoms with E-state index in [1.807, 2.05) is 0 Å². The Hall–Kier alpha value is -1.05. The van der Waals surface area contributed by atoms with E-state index >= 15 is 0 Å². The predicted octanol–water partition coefficient (Wildman–Crippen LogP) is 2.77. The van der Waals surface area contributed by atoms with Gasteiger partial charge in [-0.1, -0.05) is 0 Å². The Morgan fingerprint density at radius 3 is 2.76 bits per heavy atom. The third kappa shape index (κ3) is 4.37. The molecular weight excluding hydrogens is 305 g/mol. The Kier molecular flexibility index (Phi) is 4.55. The van der Waals surface area contributed by atoms with E-state index in [0.717, 1.165) is 4.68 Å². The first-order valence-electron chi connectivity index (χ1n) is 4.80. The van der Waals surface area contributed by atoms with E-state index in [2.05, 4.69) is 21.0 Å². The van der Waals surface area contributed by atoms with E-state index in [4.69, 9.17) is 4.74 Å². The van der Waals surface area contributed by atoms with Gasteiger partial charge in [0.2, 0.25) is 0 Å². The number of carbonyl (C=O) groups is 1. The van der Waals surface area contributed by atoms with E-state index in [1.165, 1.54) is 6.20 Å². The zero-order chi connectivity index (χ0) is 13.1. The number of aryl methyl sites for hydroxylation is 1. The predicted molar refractivity (Wildman–Crippen MR) is 56.6 cm³/mol. The number of hydrogen-bond donors (Lipinski definition) is 0. The molecule has 0 atom stereocenters. The molecule has 0 aliphatic rings. The van der Waals surface area contributed by atoms with Crippen LogP contribution in [0, 0.1) is 0 Å². The molecule has 1 aromatic heterocycles. The van der Waals surface area contributed by atoms with Crippen molar-refractivity contribution in [1.82, 2.24) is 9.78 Å². The SMILES string of the molecule is CCOC(=O)c1nn(CCC(F)(F)F)cc1Br. The highest BCUT2D eigenvalue weighted by Gasteiger charge is 2.27. The van der Waals surface area contributed by atoms with Crippen molar-refractivity contribution in [3.8, 4) is 0 Å². The van der Waals surface area contributed by atoms with Crippen LogP contribution < -0.4 is 0 Å². The van der Waals surface area contributed by atoms with Gasteiger partial charge in [-0.05, 0) is 22.9 Å². The molecule has 0 fully saturated rings. The zero-order valence-electron chi connectivity index (χ0n) is 8.92. The number of ether oxygens (including phenoxy) is 1. The van der Waals surface area contributed by atoms with Gasteiger partial charge in [0.05, 0.1) is 17.5 Å². The largest absolute Gasteiger partial charge is 0.461 e. The first-order chi connectivity index (χ1) is 7.83. The van der Waals surface area contributed by atoms with E-state index in [1.54, 1.807) is 6.92 Å². The van der Waals surface area contributed by atoms with Gasteiger partial charge in [0, 0.05) is 12.7 Å². The number of hydrogen-bond acceptors (Lipinski definition) is 3. The minimum Gasteiger partial charge on any atom is -0.461 e. The number of rotatable bonds is 4. The lowest BCUT2D eigenvalue weighted by atomic mass is 10.4. The maximum absolute atomic E-state index is 12.0. The molecule has 17 heavy (non-hydrogen) atoms. The van der Waals surface area contributed by atoms with Crippen molar-refractivity contribution in [2.24, 2.45) is 0 Å². The lowest BCUT2D eigenvalue weighted by molar-refractivity contribution is -0.137. The minimum atomic E-state index is -4.25. The molecule has 1 aromatic rings. The van der Waals surface area contributed by atoms with Gasteiger partial charge in [-0.2, -0.15) is 18.3 Å². The van der Waals surface area contributed by atoms with E-state index in [0.29, 0.717) is 4.47 Å². The van der Waals surface area contributed by atoms with Crippen molar-refractivity contribution in [3.05, 3.63) is 16.4 Å². The van der Waals surface area contributed by atoms with Crippen molar-refractivity contribution in [2.45, 2.75) is 26.1 Å². The Labute approximate surface area is 104 Å². The van der Waals surface area contributed by atoms with Gasteiger partial charge in [-0.25, -0.2) is 4.79 Å². The average molecular weight is 315 g/mol. The quantitative estimate of drug-likeness (QED) is 0.803. The summed E-state index contributed by atoms with van der Waals surface area (Å²) in [7, 11) is 0. The smallest absolute Gasteiger partial charge is 0.390 e. The molecule has 0 radical (unpaired) electrons. The molecule has 1 rings (SSSR count). The third-order valence-corrected chi connectivity index (χ3v) is 2.39. The summed E-state index contributed by atoms with van der Waals surface area (Å²) in [5, 5.41) is 3.73. The molecule has 0 bridgehead atoms. The molecule has 0 unspecified atom stereocenters. The van der Waals surface area contributed by atoms with Crippen LogP contribution in [-0.2, 0) is 11.3 Å². The number of nitrogens with zero attached hydrogens (tertiary/aromatic N) is 2. The van der Waals surface area contributed by atoms with Crippen LogP contribution in [0.5, 0.6) is 0 Å². The summed E-state index contributed by atoms with van der Waals surface area (Å²) in [6.45, 7) is 1.48. The van der Waals surface area contributed by atoms with Crippen LogP contribution >= 0.6 is 15.9 Å². The van der Waals surface area contributed by atoms with Gasteiger partial charge in [0.1, 0.15) is 0 Å². The summed E-state index contributed by atoms with van der Waals surface area (Å²) in [5.41, 5.74) is -0.0194. The van der Waals surface area contributed by atoms with Crippen molar-refractivity contribution < 1.29 is 22.7 Å². The average Bonchev–Trinajstić information content (AvgIpc) is 2.56. The molecule has 0 amide bonds. The fourth-order valence-electron chi connectivity index (χ4n) is 1.09. The van der Waals surface area contributed by atoms with E-state index in [-0.39, 0.29) is 18.8 Å². The van der Waals surface area contributed by atoms with Crippen molar-refractivity contribution in [3.63, 3.8) is 0 Å². The lowest BCUT2D eigenvalue weighted by Crippen LogP contribution is -2.13. The summed E-state index contributed by atoms with van der Waals surface area (Å²) < 4.78 is 42.0. The first-order valence-corrected chi connectivity index (χ1v) is 5.59. The second-order valence-electron chi connectivity index (χ2n) is 3.17. The van der Waals surface area contributed by atoms with Crippen LogP contribution in [0.3, 0.4) is 0 Å². The molecular formula is C9H10BrF3N2O2. The van der Waals surface area contributed by atoms with Crippen molar-refractivity contribution in [2.75, 3.05) is 6.61 Å². The number of carbonyl (C=O) groups excluding carboxylic acids is 1. The number of aromatic nitrogens is 2. The molecule has 96 valence electrons. The van der Waals surface area contributed by atoms with Gasteiger partial charge >= 0.3 is 12.1 Å². The minimum absolute atomic E-state index is 0.0194. The van der Waals surface area contributed by atoms with Crippen LogP contribution in [0.4, 0.5) is 13.2 Å². The number of halogens is 4. The van der Waals surface area contributed by atoms with Gasteiger partial charge in [0.15, 0.2) is 5.69 Å². The molecule has 8 heteroatoms. The fraction of sp³-hybridized carbons (Fsp3) is 0.556. The molecule has 4 nitrogen and oxygen atoms in total. The monoisotopic (exact) mass is 314 g/mol. The molecule has 0 N–H and O–H groups in total. The highest BCUT2D eigenvalue weighted by atomic mass is 79.9. The summed E-state index contributed by atoms with van der Waals surface area (Å²) in [4.78, 5) is 11.3. The maximum Gasteiger partial charge on any atom is 0.390 e. The highest BCUT2D eigenvalue weighted by molar-refractivity contribution is 9.10. The van der Waals surface area contributed by atoms with Crippen molar-refractivity contribution >= 4 is 21.9 Å². The summed E-state index contributed by atoms with van der Waals surface area (Å²) in [6.07, 6.45) is -3.93. The first kappa shape index (κ1) is 14.0. The molecule has 0 aliphatic heterocycles. The van der Waals surface area contributed by atoms with Crippen LogP contribution in [-0.4, -0.2) is 28.5 Å². The molecule has 1 heterocycles. The normalized spacial score (nSPS) is 11.6. The van der Waals surface area contributed by atoms with Gasteiger partial charge in [-0.3, -0.25) is 4.68 Å². The molecule has 0 spiro atoms. The highest BCUT2D eigenvalue weighted by Crippen LogP contribution is 2.21. The summed E-state index contributed by atoms with van der Waals surface area (Å²) in [6, 6.07) is 0. The summed E-state index contributed by atoms with van der Waals surface area (Å²) >= 11 is 3.04. The Balaban J connectivity index is 2.71. The second-order valence-corrected chi connectivity index (χ2v) is 4.03. The Bertz CT molecular complexity index is 403. The van der Waals surface area contributed by atoms with E-state index < -0.39 is 18.6 Å². The third-order valence-electron chi connectivity index (χ3n) is 1.81. The van der Waals surface area contributed by atoms with Crippen LogP contribution in [0.2, 0.25) is 0 Å². The standard InChI is InChI=1S/C9H10BrF3N2O2/c1-2-17-8(16)7-6(10)5-15(14-7)4-3-9(11,12)13/h5H,2-4H2,1H3. The lowest BCUT2D eigenvalue weighted by Gasteiger charge is -2.05. The molecule has 0 saturated carbocycles. The van der Waals surface area contributed by atoms with Gasteiger partial charge < -0.3 is 4.74 Å². The van der Waals surface area contributed by atoms with Gasteiger partial charge in [0.25, 0.3) is 0 Å². The van der Waals surface area contributed by atoms with Crippen LogP contribution in [0.1, 0.15) is 23.8 Å². The molecule has 0 saturated heterocycles. The summed E-state index contributed by atoms with van der Waals surface area (Å²) in [5.74, 6) is -0.662. The van der Waals surface area contributed by atoms with Crippen molar-refractivity contribution in [1.29, 1.82) is 0 Å². The Morgan fingerprint density at radius 2 is 2.24 bits per heavy atom. The van der Waals surface area contributed by atoms with E-state index in [9.17, 15) is 18.0 Å². The topological polar surface area (TPSA) is 44.1 Å². The fourth-order valence-corrected chi connectivity index (χ4v) is 1.57. The van der Waals surface area contributed by atoms with Crippen LogP contribution in [0.25, 0.3) is 0 Å². The zero-order valence-corrected chi connectivity index (χ0v) is 10.5. The second kappa shape index (κ2) is 5.52.